The van der Waals surface area contributed by atoms with Crippen LogP contribution in [0.2, 0.25) is 0 Å². The van der Waals surface area contributed by atoms with Gasteiger partial charge in [0, 0.05) is 11.6 Å². The van der Waals surface area contributed by atoms with Crippen LogP contribution in [0.3, 0.4) is 0 Å². The van der Waals surface area contributed by atoms with E-state index in [-0.39, 0.29) is 0 Å². The van der Waals surface area contributed by atoms with Crippen molar-refractivity contribution in [2.24, 2.45) is 0 Å². The minimum atomic E-state index is 0.521. The SMILES string of the molecule is CNC1CCN(C)C12CCCCC2. The maximum absolute atomic E-state index is 3.51. The largest absolute Gasteiger partial charge is 0.315 e. The molecule has 0 aromatic rings. The summed E-state index contributed by atoms with van der Waals surface area (Å²) in [6, 6.07) is 0.748. The zero-order chi connectivity index (χ0) is 9.31. The number of likely N-dealkylation sites (N-methyl/N-ethyl adjacent to an activating group) is 2. The standard InChI is InChI=1S/C11H22N2/c1-12-10-6-9-13(2)11(10)7-4-3-5-8-11/h10,12H,3-9H2,1-2H3. The molecule has 0 aromatic carbocycles. The zero-order valence-corrected chi connectivity index (χ0v) is 8.97. The molecule has 1 N–H and O–H groups in total. The van der Waals surface area contributed by atoms with Crippen molar-refractivity contribution in [2.75, 3.05) is 20.6 Å². The van der Waals surface area contributed by atoms with E-state index < -0.39 is 0 Å². The highest BCUT2D eigenvalue weighted by Crippen LogP contribution is 2.40. The van der Waals surface area contributed by atoms with Gasteiger partial charge < -0.3 is 5.32 Å². The van der Waals surface area contributed by atoms with Gasteiger partial charge in [-0.15, -0.1) is 0 Å². The summed E-state index contributed by atoms with van der Waals surface area (Å²) in [5.74, 6) is 0. The minimum absolute atomic E-state index is 0.521. The first-order valence-corrected chi connectivity index (χ1v) is 5.68. The molecule has 2 heteroatoms. The van der Waals surface area contributed by atoms with Crippen molar-refractivity contribution in [1.82, 2.24) is 10.2 Å². The Labute approximate surface area is 81.7 Å². The van der Waals surface area contributed by atoms with Gasteiger partial charge in [-0.25, -0.2) is 0 Å². The molecule has 0 radical (unpaired) electrons. The molecule has 0 aromatic heterocycles. The number of hydrogen-bond donors (Lipinski definition) is 1. The summed E-state index contributed by atoms with van der Waals surface area (Å²) in [6.45, 7) is 1.28. The molecular formula is C11H22N2. The second-order valence-electron chi connectivity index (χ2n) is 4.72. The van der Waals surface area contributed by atoms with Gasteiger partial charge in [0.1, 0.15) is 0 Å². The van der Waals surface area contributed by atoms with Crippen LogP contribution < -0.4 is 5.32 Å². The van der Waals surface area contributed by atoms with Crippen LogP contribution in [-0.2, 0) is 0 Å². The van der Waals surface area contributed by atoms with Crippen LogP contribution in [0.25, 0.3) is 0 Å². The smallest absolute Gasteiger partial charge is 0.0359 e. The molecule has 1 atom stereocenters. The molecule has 1 aliphatic carbocycles. The van der Waals surface area contributed by atoms with Crippen molar-refractivity contribution in [2.45, 2.75) is 50.1 Å². The van der Waals surface area contributed by atoms with E-state index in [1.54, 1.807) is 0 Å². The summed E-state index contributed by atoms with van der Waals surface area (Å²) in [4.78, 5) is 2.60. The van der Waals surface area contributed by atoms with Gasteiger partial charge in [-0.2, -0.15) is 0 Å². The fourth-order valence-corrected chi connectivity index (χ4v) is 3.39. The Bertz CT molecular complexity index is 173. The normalized spacial score (nSPS) is 34.2. The van der Waals surface area contributed by atoms with E-state index in [1.165, 1.54) is 45.1 Å². The van der Waals surface area contributed by atoms with Crippen molar-refractivity contribution in [3.05, 3.63) is 0 Å². The predicted octanol–water partition coefficient (Wildman–Crippen LogP) is 1.61. The lowest BCUT2D eigenvalue weighted by Gasteiger charge is -2.43. The third-order valence-electron chi connectivity index (χ3n) is 4.23. The van der Waals surface area contributed by atoms with Crippen LogP contribution in [0.5, 0.6) is 0 Å². The van der Waals surface area contributed by atoms with Gasteiger partial charge >= 0.3 is 0 Å². The highest BCUT2D eigenvalue weighted by Gasteiger charge is 2.46. The first kappa shape index (κ1) is 9.47. The Hall–Kier alpha value is -0.0800. The van der Waals surface area contributed by atoms with Crippen LogP contribution in [-0.4, -0.2) is 37.1 Å². The zero-order valence-electron chi connectivity index (χ0n) is 8.97. The Morgan fingerprint density at radius 2 is 1.92 bits per heavy atom. The Morgan fingerprint density at radius 3 is 2.54 bits per heavy atom. The fourth-order valence-electron chi connectivity index (χ4n) is 3.39. The van der Waals surface area contributed by atoms with Crippen molar-refractivity contribution >= 4 is 0 Å². The van der Waals surface area contributed by atoms with Gasteiger partial charge in [-0.05, 0) is 39.9 Å². The number of nitrogens with one attached hydrogen (secondary N) is 1. The molecule has 1 aliphatic heterocycles. The van der Waals surface area contributed by atoms with Gasteiger partial charge in [0.25, 0.3) is 0 Å². The van der Waals surface area contributed by atoms with Gasteiger partial charge in [0.05, 0.1) is 0 Å². The molecule has 13 heavy (non-hydrogen) atoms. The molecule has 1 spiro atoms. The number of rotatable bonds is 1. The Morgan fingerprint density at radius 1 is 1.23 bits per heavy atom. The molecule has 0 amide bonds. The molecule has 1 heterocycles. The summed E-state index contributed by atoms with van der Waals surface area (Å²) in [5, 5.41) is 3.51. The third kappa shape index (κ3) is 1.40. The maximum atomic E-state index is 3.51. The van der Waals surface area contributed by atoms with Gasteiger partial charge in [0.15, 0.2) is 0 Å². The maximum Gasteiger partial charge on any atom is 0.0359 e. The molecule has 0 bridgehead atoms. The first-order chi connectivity index (χ1) is 6.29. The van der Waals surface area contributed by atoms with Crippen molar-refractivity contribution in [3.63, 3.8) is 0 Å². The van der Waals surface area contributed by atoms with E-state index in [0.29, 0.717) is 5.54 Å². The summed E-state index contributed by atoms with van der Waals surface area (Å²) in [6.07, 6.45) is 8.48. The Balaban J connectivity index is 2.14. The van der Waals surface area contributed by atoms with Crippen LogP contribution in [0.1, 0.15) is 38.5 Å². The number of nitrogens with zero attached hydrogens (tertiary/aromatic N) is 1. The van der Waals surface area contributed by atoms with E-state index in [1.807, 2.05) is 0 Å². The molecule has 2 fully saturated rings. The Kier molecular flexibility index (Phi) is 2.61. The molecule has 2 aliphatic rings. The lowest BCUT2D eigenvalue weighted by atomic mass is 9.77. The van der Waals surface area contributed by atoms with E-state index in [4.69, 9.17) is 0 Å². The predicted molar refractivity (Wildman–Crippen MR) is 55.9 cm³/mol. The molecule has 2 rings (SSSR count). The first-order valence-electron chi connectivity index (χ1n) is 5.68. The second kappa shape index (κ2) is 3.58. The second-order valence-corrected chi connectivity index (χ2v) is 4.72. The average molecular weight is 182 g/mol. The minimum Gasteiger partial charge on any atom is -0.315 e. The summed E-state index contributed by atoms with van der Waals surface area (Å²) < 4.78 is 0. The van der Waals surface area contributed by atoms with E-state index in [2.05, 4.69) is 24.3 Å². The molecule has 1 saturated carbocycles. The van der Waals surface area contributed by atoms with Gasteiger partial charge in [0.2, 0.25) is 0 Å². The highest BCUT2D eigenvalue weighted by molar-refractivity contribution is 5.05. The van der Waals surface area contributed by atoms with Crippen molar-refractivity contribution < 1.29 is 0 Å². The van der Waals surface area contributed by atoms with E-state index in [0.717, 1.165) is 6.04 Å². The lowest BCUT2D eigenvalue weighted by Crippen LogP contribution is -2.54. The van der Waals surface area contributed by atoms with Crippen LogP contribution in [0, 0.1) is 0 Å². The third-order valence-corrected chi connectivity index (χ3v) is 4.23. The van der Waals surface area contributed by atoms with E-state index >= 15 is 0 Å². The van der Waals surface area contributed by atoms with Gasteiger partial charge in [-0.1, -0.05) is 19.3 Å². The topological polar surface area (TPSA) is 15.3 Å². The van der Waals surface area contributed by atoms with E-state index in [9.17, 15) is 0 Å². The number of hydrogen-bond acceptors (Lipinski definition) is 2. The number of likely N-dealkylation sites (tertiary alicyclic amines) is 1. The molecule has 1 unspecified atom stereocenters. The summed E-state index contributed by atoms with van der Waals surface area (Å²) >= 11 is 0. The molecule has 2 nitrogen and oxygen atoms in total. The van der Waals surface area contributed by atoms with Gasteiger partial charge in [-0.3, -0.25) is 4.90 Å². The lowest BCUT2D eigenvalue weighted by molar-refractivity contribution is 0.0973. The summed E-state index contributed by atoms with van der Waals surface area (Å²) in [5.41, 5.74) is 0.521. The summed E-state index contributed by atoms with van der Waals surface area (Å²) in [7, 11) is 4.43. The highest BCUT2D eigenvalue weighted by atomic mass is 15.2. The van der Waals surface area contributed by atoms with Crippen molar-refractivity contribution in [1.29, 1.82) is 0 Å². The van der Waals surface area contributed by atoms with Crippen LogP contribution >= 0.6 is 0 Å². The monoisotopic (exact) mass is 182 g/mol. The average Bonchev–Trinajstić information content (AvgIpc) is 2.46. The quantitative estimate of drug-likeness (QED) is 0.663. The van der Waals surface area contributed by atoms with Crippen LogP contribution in [0.15, 0.2) is 0 Å². The molecule has 1 saturated heterocycles. The fraction of sp³-hybridized carbons (Fsp3) is 1.00. The molecular weight excluding hydrogens is 160 g/mol. The van der Waals surface area contributed by atoms with Crippen molar-refractivity contribution in [3.8, 4) is 0 Å². The van der Waals surface area contributed by atoms with Crippen LogP contribution in [0.4, 0.5) is 0 Å². The molecule has 76 valence electrons.